The number of carbonyl (C=O) groups is 1. The number of benzene rings is 2. The van der Waals surface area contributed by atoms with Crippen LogP contribution >= 0.6 is 11.6 Å². The third-order valence-corrected chi connectivity index (χ3v) is 3.86. The quantitative estimate of drug-likeness (QED) is 0.765. The topological polar surface area (TPSA) is 49.3 Å². The van der Waals surface area contributed by atoms with Gasteiger partial charge in [-0.15, -0.1) is 0 Å². The molecule has 0 spiro atoms. The van der Waals surface area contributed by atoms with E-state index in [1.54, 1.807) is 6.07 Å². The van der Waals surface area contributed by atoms with E-state index >= 15 is 0 Å². The number of carboxylic acids is 1. The number of rotatable bonds is 8. The molecule has 0 radical (unpaired) electrons. The van der Waals surface area contributed by atoms with Crippen LogP contribution in [-0.4, -0.2) is 17.1 Å². The Hall–Kier alpha value is -1.91. The van der Waals surface area contributed by atoms with Crippen LogP contribution in [0.4, 0.5) is 4.39 Å². The Labute approximate surface area is 140 Å². The highest BCUT2D eigenvalue weighted by molar-refractivity contribution is 6.30. The average molecular weight is 336 g/mol. The summed E-state index contributed by atoms with van der Waals surface area (Å²) in [5.74, 6) is -1.16. The summed E-state index contributed by atoms with van der Waals surface area (Å²) in [6.07, 6.45) is 1.24. The third kappa shape index (κ3) is 6.00. The molecular weight excluding hydrogens is 317 g/mol. The Bertz CT molecular complexity index is 649. The van der Waals surface area contributed by atoms with Crippen molar-refractivity contribution in [3.8, 4) is 0 Å². The minimum Gasteiger partial charge on any atom is -0.481 e. The molecule has 2 aromatic carbocycles. The molecule has 0 saturated heterocycles. The maximum atomic E-state index is 13.8. The van der Waals surface area contributed by atoms with Gasteiger partial charge in [0, 0.05) is 29.6 Å². The Morgan fingerprint density at radius 2 is 1.96 bits per heavy atom. The fourth-order valence-electron chi connectivity index (χ4n) is 2.41. The third-order valence-electron chi connectivity index (χ3n) is 3.62. The number of hydrogen-bond donors (Lipinski definition) is 2. The van der Waals surface area contributed by atoms with E-state index in [1.807, 2.05) is 30.3 Å². The zero-order valence-corrected chi connectivity index (χ0v) is 13.4. The van der Waals surface area contributed by atoms with E-state index in [2.05, 4.69) is 5.32 Å². The van der Waals surface area contributed by atoms with E-state index in [4.69, 9.17) is 16.7 Å². The molecule has 23 heavy (non-hydrogen) atoms. The summed E-state index contributed by atoms with van der Waals surface area (Å²) >= 11 is 5.89. The molecule has 1 unspecified atom stereocenters. The van der Waals surface area contributed by atoms with Gasteiger partial charge in [-0.1, -0.05) is 41.9 Å². The van der Waals surface area contributed by atoms with E-state index in [9.17, 15) is 9.18 Å². The number of hydrogen-bond acceptors (Lipinski definition) is 2. The van der Waals surface area contributed by atoms with Crippen molar-refractivity contribution in [1.29, 1.82) is 0 Å². The molecule has 0 heterocycles. The van der Waals surface area contributed by atoms with Crippen LogP contribution in [0.15, 0.2) is 48.5 Å². The molecule has 2 N–H and O–H groups in total. The maximum absolute atomic E-state index is 13.8. The van der Waals surface area contributed by atoms with Crippen molar-refractivity contribution in [1.82, 2.24) is 5.32 Å². The molecule has 2 aromatic rings. The second kappa shape index (κ2) is 8.65. The van der Waals surface area contributed by atoms with E-state index in [-0.39, 0.29) is 18.3 Å². The first-order valence-electron chi connectivity index (χ1n) is 7.47. The van der Waals surface area contributed by atoms with Crippen molar-refractivity contribution in [2.75, 3.05) is 0 Å². The van der Waals surface area contributed by atoms with Crippen molar-refractivity contribution in [3.63, 3.8) is 0 Å². The molecule has 122 valence electrons. The molecular formula is C18H19ClFNO2. The van der Waals surface area contributed by atoms with Crippen LogP contribution in [0.3, 0.4) is 0 Å². The monoisotopic (exact) mass is 335 g/mol. The molecule has 0 bridgehead atoms. The first kappa shape index (κ1) is 17.4. The lowest BCUT2D eigenvalue weighted by molar-refractivity contribution is -0.137. The van der Waals surface area contributed by atoms with Crippen LogP contribution in [0.25, 0.3) is 0 Å². The Balaban J connectivity index is 2.01. The molecule has 0 fully saturated rings. The van der Waals surface area contributed by atoms with Crippen molar-refractivity contribution in [3.05, 3.63) is 70.5 Å². The van der Waals surface area contributed by atoms with Gasteiger partial charge in [0.1, 0.15) is 5.82 Å². The highest BCUT2D eigenvalue weighted by Crippen LogP contribution is 2.16. The van der Waals surface area contributed by atoms with Gasteiger partial charge in [-0.05, 0) is 36.6 Å². The first-order chi connectivity index (χ1) is 11.0. The normalized spacial score (nSPS) is 12.1. The van der Waals surface area contributed by atoms with E-state index < -0.39 is 5.97 Å². The van der Waals surface area contributed by atoms with Gasteiger partial charge < -0.3 is 10.4 Å². The van der Waals surface area contributed by atoms with Crippen molar-refractivity contribution >= 4 is 17.6 Å². The van der Waals surface area contributed by atoms with Crippen molar-refractivity contribution in [2.24, 2.45) is 0 Å². The van der Waals surface area contributed by atoms with Crippen molar-refractivity contribution in [2.45, 2.75) is 31.8 Å². The molecule has 0 aliphatic rings. The molecule has 1 atom stereocenters. The zero-order valence-electron chi connectivity index (χ0n) is 12.6. The summed E-state index contributed by atoms with van der Waals surface area (Å²) < 4.78 is 13.8. The predicted molar refractivity (Wildman–Crippen MR) is 89.1 cm³/mol. The SMILES string of the molecule is O=C(O)CCC(Cc1ccccc1)NCc1cc(Cl)ccc1F. The Morgan fingerprint density at radius 1 is 1.22 bits per heavy atom. The van der Waals surface area contributed by atoms with Crippen LogP contribution in [0.5, 0.6) is 0 Å². The molecule has 3 nitrogen and oxygen atoms in total. The molecule has 0 aliphatic heterocycles. The Morgan fingerprint density at radius 3 is 2.65 bits per heavy atom. The summed E-state index contributed by atoms with van der Waals surface area (Å²) in [6, 6.07) is 14.2. The summed E-state index contributed by atoms with van der Waals surface area (Å²) in [6.45, 7) is 0.309. The van der Waals surface area contributed by atoms with Gasteiger partial charge >= 0.3 is 5.97 Å². The lowest BCUT2D eigenvalue weighted by atomic mass is 10.0. The molecule has 0 aromatic heterocycles. The lowest BCUT2D eigenvalue weighted by Crippen LogP contribution is -2.31. The summed E-state index contributed by atoms with van der Waals surface area (Å²) in [5, 5.41) is 12.6. The predicted octanol–water partition coefficient (Wildman–Crippen LogP) is 4.04. The van der Waals surface area contributed by atoms with Gasteiger partial charge in [0.05, 0.1) is 0 Å². The van der Waals surface area contributed by atoms with Crippen LogP contribution in [-0.2, 0) is 17.8 Å². The van der Waals surface area contributed by atoms with Gasteiger partial charge in [0.2, 0.25) is 0 Å². The van der Waals surface area contributed by atoms with E-state index in [0.717, 1.165) is 5.56 Å². The molecule has 5 heteroatoms. The molecule has 2 rings (SSSR count). The van der Waals surface area contributed by atoms with Gasteiger partial charge in [-0.3, -0.25) is 4.79 Å². The van der Waals surface area contributed by atoms with Crippen LogP contribution in [0, 0.1) is 5.82 Å². The fraction of sp³-hybridized carbons (Fsp3) is 0.278. The van der Waals surface area contributed by atoms with E-state index in [1.165, 1.54) is 12.1 Å². The lowest BCUT2D eigenvalue weighted by Gasteiger charge is -2.18. The highest BCUT2D eigenvalue weighted by atomic mass is 35.5. The van der Waals surface area contributed by atoms with Crippen LogP contribution in [0.2, 0.25) is 5.02 Å². The minimum atomic E-state index is -0.834. The van der Waals surface area contributed by atoms with Crippen molar-refractivity contribution < 1.29 is 14.3 Å². The van der Waals surface area contributed by atoms with E-state index in [0.29, 0.717) is 30.0 Å². The molecule has 0 aliphatic carbocycles. The van der Waals surface area contributed by atoms with Crippen LogP contribution in [0.1, 0.15) is 24.0 Å². The summed E-state index contributed by atoms with van der Waals surface area (Å²) in [4.78, 5) is 10.8. The molecule has 0 saturated carbocycles. The molecule has 0 amide bonds. The second-order valence-corrected chi connectivity index (χ2v) is 5.87. The standard InChI is InChI=1S/C18H19ClFNO2/c19-15-6-8-17(20)14(11-15)12-21-16(7-9-18(22)23)10-13-4-2-1-3-5-13/h1-6,8,11,16,21H,7,9-10,12H2,(H,22,23). The van der Waals surface area contributed by atoms with Crippen LogP contribution < -0.4 is 5.32 Å². The van der Waals surface area contributed by atoms with Gasteiger partial charge in [-0.25, -0.2) is 4.39 Å². The number of nitrogens with one attached hydrogen (secondary N) is 1. The van der Waals surface area contributed by atoms with Gasteiger partial charge in [-0.2, -0.15) is 0 Å². The largest absolute Gasteiger partial charge is 0.481 e. The number of halogens is 2. The minimum absolute atomic E-state index is 0.0492. The number of aliphatic carboxylic acids is 1. The summed E-state index contributed by atoms with van der Waals surface area (Å²) in [7, 11) is 0. The van der Waals surface area contributed by atoms with Gasteiger partial charge in [0.15, 0.2) is 0 Å². The summed E-state index contributed by atoms with van der Waals surface area (Å²) in [5.41, 5.74) is 1.59. The first-order valence-corrected chi connectivity index (χ1v) is 7.85. The fourth-order valence-corrected chi connectivity index (χ4v) is 2.60. The highest BCUT2D eigenvalue weighted by Gasteiger charge is 2.13. The van der Waals surface area contributed by atoms with Gasteiger partial charge in [0.25, 0.3) is 0 Å². The average Bonchev–Trinajstić information content (AvgIpc) is 2.54. The number of carboxylic acid groups (broad SMARTS) is 1. The zero-order chi connectivity index (χ0) is 16.7. The Kier molecular flexibility index (Phi) is 6.56. The maximum Gasteiger partial charge on any atom is 0.303 e. The second-order valence-electron chi connectivity index (χ2n) is 5.44. The smallest absolute Gasteiger partial charge is 0.303 e.